The Morgan fingerprint density at radius 1 is 1.14 bits per heavy atom. The molecule has 1 atom stereocenters. The minimum atomic E-state index is -0.324. The third kappa shape index (κ3) is 4.77. The van der Waals surface area contributed by atoms with Crippen molar-refractivity contribution in [2.75, 3.05) is 0 Å². The Bertz CT molecular complexity index is 596. The number of carbonyl (C=O) groups is 2. The van der Waals surface area contributed by atoms with Gasteiger partial charge in [-0.2, -0.15) is 0 Å². The first-order valence-electron chi connectivity index (χ1n) is 7.45. The normalized spacial score (nSPS) is 12.0. The summed E-state index contributed by atoms with van der Waals surface area (Å²) in [5.41, 5.74) is 6.20. The van der Waals surface area contributed by atoms with E-state index in [-0.39, 0.29) is 17.6 Å². The Balaban J connectivity index is 1.70. The molecule has 0 aliphatic rings. The lowest BCUT2D eigenvalue weighted by molar-refractivity contribution is -0.119. The lowest BCUT2D eigenvalue weighted by Gasteiger charge is -2.10. The number of primary amides is 1. The highest BCUT2D eigenvalue weighted by atomic mass is 32.1. The van der Waals surface area contributed by atoms with Gasteiger partial charge in [0, 0.05) is 23.6 Å². The predicted molar refractivity (Wildman–Crippen MR) is 87.9 cm³/mol. The van der Waals surface area contributed by atoms with Crippen LogP contribution in [0.2, 0.25) is 0 Å². The fourth-order valence-electron chi connectivity index (χ4n) is 2.37. The van der Waals surface area contributed by atoms with Crippen LogP contribution in [-0.4, -0.2) is 16.7 Å². The number of Topliss-reactive ketones (excluding diaryl/α,β-unsaturated/α-hetero) is 1. The quantitative estimate of drug-likeness (QED) is 0.568. The summed E-state index contributed by atoms with van der Waals surface area (Å²) >= 11 is 1.46. The zero-order valence-corrected chi connectivity index (χ0v) is 13.2. The Morgan fingerprint density at radius 2 is 1.91 bits per heavy atom. The van der Waals surface area contributed by atoms with Crippen LogP contribution in [-0.2, 0) is 4.79 Å². The molecule has 0 aliphatic heterocycles. The van der Waals surface area contributed by atoms with E-state index in [0.717, 1.165) is 29.8 Å². The van der Waals surface area contributed by atoms with E-state index < -0.39 is 0 Å². The summed E-state index contributed by atoms with van der Waals surface area (Å²) in [6, 6.07) is 9.33. The summed E-state index contributed by atoms with van der Waals surface area (Å²) in [5.74, 6) is -0.452. The molecule has 1 heterocycles. The van der Waals surface area contributed by atoms with Crippen molar-refractivity contribution in [2.24, 2.45) is 5.73 Å². The van der Waals surface area contributed by atoms with Crippen LogP contribution in [0.15, 0.2) is 41.9 Å². The number of nitrogens with two attached hydrogens (primary N) is 1. The highest BCUT2D eigenvalue weighted by Gasteiger charge is 2.19. The summed E-state index contributed by atoms with van der Waals surface area (Å²) in [6.07, 6.45) is 5.54. The summed E-state index contributed by atoms with van der Waals surface area (Å²) in [7, 11) is 0. The summed E-state index contributed by atoms with van der Waals surface area (Å²) in [4.78, 5) is 27.6. The van der Waals surface area contributed by atoms with E-state index in [1.165, 1.54) is 11.3 Å². The van der Waals surface area contributed by atoms with Gasteiger partial charge in [0.1, 0.15) is 5.01 Å². The van der Waals surface area contributed by atoms with Gasteiger partial charge in [0.15, 0.2) is 5.78 Å². The second-order valence-electron chi connectivity index (χ2n) is 5.21. The molecule has 4 nitrogen and oxygen atoms in total. The monoisotopic (exact) mass is 316 g/mol. The van der Waals surface area contributed by atoms with Crippen LogP contribution in [0, 0.1) is 0 Å². The van der Waals surface area contributed by atoms with Crippen LogP contribution in [0.4, 0.5) is 0 Å². The number of hydrogen-bond donors (Lipinski definition) is 1. The number of nitrogens with zero attached hydrogens (tertiary/aromatic N) is 1. The van der Waals surface area contributed by atoms with Gasteiger partial charge in [-0.05, 0) is 12.8 Å². The number of unbranched alkanes of at least 4 members (excludes halogenated alkanes) is 2. The van der Waals surface area contributed by atoms with Crippen molar-refractivity contribution >= 4 is 23.0 Å². The fraction of sp³-hybridized carbons (Fsp3) is 0.353. The largest absolute Gasteiger partial charge is 0.369 e. The van der Waals surface area contributed by atoms with Crippen LogP contribution in [0.1, 0.15) is 53.4 Å². The number of aromatic nitrogens is 1. The SMILES string of the molecule is NC(=O)C(CCCCCC(=O)c1ccccc1)c1nccs1. The van der Waals surface area contributed by atoms with E-state index in [1.54, 1.807) is 6.20 Å². The van der Waals surface area contributed by atoms with Crippen LogP contribution in [0.5, 0.6) is 0 Å². The number of amides is 1. The van der Waals surface area contributed by atoms with Crippen LogP contribution < -0.4 is 5.73 Å². The Morgan fingerprint density at radius 3 is 2.55 bits per heavy atom. The molecular weight excluding hydrogens is 296 g/mol. The first kappa shape index (κ1) is 16.4. The van der Waals surface area contributed by atoms with Gasteiger partial charge in [0.25, 0.3) is 0 Å². The average Bonchev–Trinajstić information content (AvgIpc) is 3.05. The maximum Gasteiger partial charge on any atom is 0.227 e. The molecule has 2 N–H and O–H groups in total. The van der Waals surface area contributed by atoms with Gasteiger partial charge in [-0.25, -0.2) is 4.98 Å². The fourth-order valence-corrected chi connectivity index (χ4v) is 3.15. The molecule has 1 aromatic heterocycles. The van der Waals surface area contributed by atoms with Crippen LogP contribution >= 0.6 is 11.3 Å². The van der Waals surface area contributed by atoms with Crippen molar-refractivity contribution in [1.29, 1.82) is 0 Å². The van der Waals surface area contributed by atoms with Gasteiger partial charge in [-0.1, -0.05) is 43.2 Å². The van der Waals surface area contributed by atoms with Gasteiger partial charge in [-0.15, -0.1) is 11.3 Å². The molecule has 1 amide bonds. The molecule has 0 spiro atoms. The number of ketones is 1. The van der Waals surface area contributed by atoms with Crippen molar-refractivity contribution in [1.82, 2.24) is 4.98 Å². The molecule has 0 radical (unpaired) electrons. The highest BCUT2D eigenvalue weighted by molar-refractivity contribution is 7.09. The molecule has 116 valence electrons. The minimum absolute atomic E-state index is 0.173. The molecule has 0 aliphatic carbocycles. The summed E-state index contributed by atoms with van der Waals surface area (Å²) < 4.78 is 0. The van der Waals surface area contributed by atoms with E-state index in [1.807, 2.05) is 35.7 Å². The van der Waals surface area contributed by atoms with Crippen molar-refractivity contribution in [3.63, 3.8) is 0 Å². The molecule has 0 saturated heterocycles. The van der Waals surface area contributed by atoms with Crippen molar-refractivity contribution in [3.8, 4) is 0 Å². The summed E-state index contributed by atoms with van der Waals surface area (Å²) in [5, 5.41) is 2.64. The van der Waals surface area contributed by atoms with Crippen LogP contribution in [0.3, 0.4) is 0 Å². The third-order valence-corrected chi connectivity index (χ3v) is 4.47. The first-order valence-corrected chi connectivity index (χ1v) is 8.33. The standard InChI is InChI=1S/C17H20N2O2S/c18-16(21)14(17-19-11-12-22-17)9-5-2-6-10-15(20)13-7-3-1-4-8-13/h1,3-4,7-8,11-12,14H,2,5-6,9-10H2,(H2,18,21). The van der Waals surface area contributed by atoms with E-state index >= 15 is 0 Å². The molecule has 2 aromatic rings. The molecule has 0 bridgehead atoms. The molecular formula is C17H20N2O2S. The van der Waals surface area contributed by atoms with Crippen molar-refractivity contribution in [3.05, 3.63) is 52.5 Å². The first-order chi connectivity index (χ1) is 10.7. The second kappa shape index (κ2) is 8.44. The summed E-state index contributed by atoms with van der Waals surface area (Å²) in [6.45, 7) is 0. The molecule has 0 fully saturated rings. The number of rotatable bonds is 9. The Kier molecular flexibility index (Phi) is 6.27. The lowest BCUT2D eigenvalue weighted by atomic mass is 9.99. The van der Waals surface area contributed by atoms with Gasteiger partial charge in [-0.3, -0.25) is 9.59 Å². The molecule has 22 heavy (non-hydrogen) atoms. The number of thiazole rings is 1. The topological polar surface area (TPSA) is 73.1 Å². The second-order valence-corrected chi connectivity index (χ2v) is 6.14. The number of hydrogen-bond acceptors (Lipinski definition) is 4. The van der Waals surface area contributed by atoms with E-state index in [9.17, 15) is 9.59 Å². The Labute approximate surface area is 134 Å². The van der Waals surface area contributed by atoms with Crippen LogP contribution in [0.25, 0.3) is 0 Å². The van der Waals surface area contributed by atoms with Gasteiger partial charge in [0.05, 0.1) is 5.92 Å². The molecule has 5 heteroatoms. The van der Waals surface area contributed by atoms with Crippen molar-refractivity contribution < 1.29 is 9.59 Å². The van der Waals surface area contributed by atoms with E-state index in [2.05, 4.69) is 4.98 Å². The lowest BCUT2D eigenvalue weighted by Crippen LogP contribution is -2.21. The predicted octanol–water partition coefficient (Wildman–Crippen LogP) is 3.55. The number of benzene rings is 1. The molecule has 1 aromatic carbocycles. The van der Waals surface area contributed by atoms with E-state index in [4.69, 9.17) is 5.73 Å². The van der Waals surface area contributed by atoms with Gasteiger partial charge < -0.3 is 5.73 Å². The maximum absolute atomic E-state index is 12.0. The zero-order chi connectivity index (χ0) is 15.8. The zero-order valence-electron chi connectivity index (χ0n) is 12.4. The number of carbonyl (C=O) groups excluding carboxylic acids is 2. The Hall–Kier alpha value is -2.01. The van der Waals surface area contributed by atoms with Gasteiger partial charge >= 0.3 is 0 Å². The highest BCUT2D eigenvalue weighted by Crippen LogP contribution is 2.24. The van der Waals surface area contributed by atoms with Crippen molar-refractivity contribution in [2.45, 2.75) is 38.0 Å². The average molecular weight is 316 g/mol. The third-order valence-electron chi connectivity index (χ3n) is 3.59. The maximum atomic E-state index is 12.0. The molecule has 2 rings (SSSR count). The molecule has 0 saturated carbocycles. The molecule has 1 unspecified atom stereocenters. The minimum Gasteiger partial charge on any atom is -0.369 e. The van der Waals surface area contributed by atoms with Gasteiger partial charge in [0.2, 0.25) is 5.91 Å². The smallest absolute Gasteiger partial charge is 0.227 e. The van der Waals surface area contributed by atoms with E-state index in [0.29, 0.717) is 12.8 Å².